The molecule has 2 N–H and O–H groups in total. The maximum atomic E-state index is 14.5. The van der Waals surface area contributed by atoms with Crippen molar-refractivity contribution in [1.82, 2.24) is 9.88 Å². The van der Waals surface area contributed by atoms with Crippen LogP contribution in [0.2, 0.25) is 0 Å². The number of fused-ring (bicyclic) bond motifs is 2. The van der Waals surface area contributed by atoms with Crippen molar-refractivity contribution in [2.24, 2.45) is 0 Å². The van der Waals surface area contributed by atoms with Crippen molar-refractivity contribution in [2.45, 2.75) is 19.4 Å². The summed E-state index contributed by atoms with van der Waals surface area (Å²) in [7, 11) is 6.86. The highest BCUT2D eigenvalue weighted by Gasteiger charge is 2.15. The van der Waals surface area contributed by atoms with E-state index in [-0.39, 0.29) is 28.7 Å². The molecule has 4 aromatic carbocycles. The van der Waals surface area contributed by atoms with Crippen molar-refractivity contribution < 1.29 is 23.4 Å². The second-order valence-electron chi connectivity index (χ2n) is 10.4. The summed E-state index contributed by atoms with van der Waals surface area (Å²) in [5.74, 6) is 1.14. The van der Waals surface area contributed by atoms with Crippen LogP contribution in [0.5, 0.6) is 17.2 Å². The molecule has 1 aromatic heterocycles. The molecule has 0 bridgehead atoms. The lowest BCUT2D eigenvalue weighted by atomic mass is 10.0. The lowest BCUT2D eigenvalue weighted by molar-refractivity contribution is -0.115. The summed E-state index contributed by atoms with van der Waals surface area (Å²) in [4.78, 5) is 31.4. The number of nitrogens with one attached hydrogen (secondary N) is 2. The van der Waals surface area contributed by atoms with E-state index in [0.29, 0.717) is 39.4 Å². The number of likely N-dealkylation sites (N-methyl/N-ethyl adjacent to an activating group) is 1. The largest absolute Gasteiger partial charge is 0.495 e. The number of halogens is 1. The zero-order valence-corrected chi connectivity index (χ0v) is 24.6. The Morgan fingerprint density at radius 3 is 2.26 bits per heavy atom. The van der Waals surface area contributed by atoms with Crippen LogP contribution in [-0.4, -0.2) is 50.7 Å². The number of aromatic amines is 1. The summed E-state index contributed by atoms with van der Waals surface area (Å²) in [5, 5.41) is 3.59. The second kappa shape index (κ2) is 13.0. The first-order valence-corrected chi connectivity index (χ1v) is 13.9. The number of anilines is 1. The third-order valence-electron chi connectivity index (χ3n) is 7.48. The van der Waals surface area contributed by atoms with Crippen LogP contribution < -0.4 is 25.0 Å². The molecule has 0 fully saturated rings. The van der Waals surface area contributed by atoms with Gasteiger partial charge in [-0.2, -0.15) is 0 Å². The van der Waals surface area contributed by atoms with Crippen molar-refractivity contribution >= 4 is 33.4 Å². The summed E-state index contributed by atoms with van der Waals surface area (Å²) in [6.45, 7) is 1.55. The number of hydrogen-bond acceptors (Lipinski definition) is 6. The van der Waals surface area contributed by atoms with Crippen molar-refractivity contribution in [3.8, 4) is 17.2 Å². The summed E-state index contributed by atoms with van der Waals surface area (Å²) in [6.07, 6.45) is 0.765. The van der Waals surface area contributed by atoms with Crippen molar-refractivity contribution in [1.29, 1.82) is 0 Å². The Labute approximate surface area is 249 Å². The van der Waals surface area contributed by atoms with Gasteiger partial charge in [-0.25, -0.2) is 4.39 Å². The molecule has 5 rings (SSSR count). The van der Waals surface area contributed by atoms with E-state index >= 15 is 0 Å². The van der Waals surface area contributed by atoms with Crippen LogP contribution in [-0.2, 0) is 24.2 Å². The number of carbonyl (C=O) groups excluding carboxylic acids is 1. The molecule has 0 saturated heterocycles. The zero-order valence-electron chi connectivity index (χ0n) is 24.6. The Kier molecular flexibility index (Phi) is 8.92. The van der Waals surface area contributed by atoms with E-state index in [4.69, 9.17) is 14.2 Å². The predicted octanol–water partition coefficient (Wildman–Crippen LogP) is 5.70. The molecule has 0 spiro atoms. The number of ether oxygens (including phenoxy) is 3. The molecule has 0 atom stereocenters. The number of carbonyl (C=O) groups is 1. The van der Waals surface area contributed by atoms with Gasteiger partial charge in [0.2, 0.25) is 5.91 Å². The van der Waals surface area contributed by atoms with E-state index in [0.717, 1.165) is 30.6 Å². The van der Waals surface area contributed by atoms with Gasteiger partial charge in [0.25, 0.3) is 0 Å². The van der Waals surface area contributed by atoms with Crippen LogP contribution in [0.25, 0.3) is 21.8 Å². The highest BCUT2D eigenvalue weighted by atomic mass is 19.1. The van der Waals surface area contributed by atoms with Crippen molar-refractivity contribution in [2.75, 3.05) is 40.2 Å². The van der Waals surface area contributed by atoms with E-state index in [9.17, 15) is 14.0 Å². The first kappa shape index (κ1) is 29.6. The number of amides is 1. The van der Waals surface area contributed by atoms with E-state index in [1.807, 2.05) is 36.4 Å². The first-order chi connectivity index (χ1) is 20.8. The third kappa shape index (κ3) is 6.47. The topological polar surface area (TPSA) is 92.9 Å². The molecule has 0 radical (unpaired) electrons. The third-order valence-corrected chi connectivity index (χ3v) is 7.48. The Morgan fingerprint density at radius 2 is 1.51 bits per heavy atom. The smallest absolute Gasteiger partial charge is 0.228 e. The van der Waals surface area contributed by atoms with Crippen LogP contribution in [0.1, 0.15) is 16.7 Å². The summed E-state index contributed by atoms with van der Waals surface area (Å²) >= 11 is 0. The van der Waals surface area contributed by atoms with Crippen LogP contribution in [0, 0.1) is 5.82 Å². The number of H-pyrrole nitrogens is 1. The highest BCUT2D eigenvalue weighted by molar-refractivity contribution is 5.98. The molecular formula is C34H34FN3O5. The highest BCUT2D eigenvalue weighted by Crippen LogP contribution is 2.29. The van der Waals surface area contributed by atoms with Crippen LogP contribution in [0.4, 0.5) is 10.1 Å². The van der Waals surface area contributed by atoms with Crippen LogP contribution in [0.3, 0.4) is 0 Å². The van der Waals surface area contributed by atoms with Gasteiger partial charge in [-0.1, -0.05) is 30.3 Å². The van der Waals surface area contributed by atoms with E-state index in [1.54, 1.807) is 45.6 Å². The lowest BCUT2D eigenvalue weighted by Gasteiger charge is -2.18. The van der Waals surface area contributed by atoms with Crippen molar-refractivity contribution in [3.63, 3.8) is 0 Å². The Bertz CT molecular complexity index is 1850. The number of benzene rings is 4. The fraction of sp³-hybridized carbons (Fsp3) is 0.235. The number of aromatic nitrogens is 1. The molecule has 0 aliphatic carbocycles. The zero-order chi connectivity index (χ0) is 30.5. The van der Waals surface area contributed by atoms with Crippen LogP contribution in [0.15, 0.2) is 77.6 Å². The normalized spacial score (nSPS) is 11.2. The minimum atomic E-state index is -0.521. The van der Waals surface area contributed by atoms with E-state index in [1.165, 1.54) is 12.1 Å². The summed E-state index contributed by atoms with van der Waals surface area (Å²) < 4.78 is 30.8. The SMILES string of the molecule is COc1cc(CCN(C)Cc2ccc(OC)c(OC)c2)ccc1NC(=O)Cc1cccc2c(=O)c3cccc(F)c3[nH]c12. The molecular weight excluding hydrogens is 549 g/mol. The number of para-hydroxylation sites is 2. The average molecular weight is 584 g/mol. The Morgan fingerprint density at radius 1 is 0.837 bits per heavy atom. The quantitative estimate of drug-likeness (QED) is 0.194. The minimum Gasteiger partial charge on any atom is -0.495 e. The van der Waals surface area contributed by atoms with Gasteiger partial charge in [-0.15, -0.1) is 0 Å². The molecule has 8 nitrogen and oxygen atoms in total. The summed E-state index contributed by atoms with van der Waals surface area (Å²) in [5.41, 5.74) is 3.60. The van der Waals surface area contributed by atoms with E-state index < -0.39 is 5.82 Å². The number of methoxy groups -OCH3 is 3. The summed E-state index contributed by atoms with van der Waals surface area (Å²) in [6, 6.07) is 21.2. The predicted molar refractivity (Wildman–Crippen MR) is 167 cm³/mol. The molecule has 0 aliphatic heterocycles. The van der Waals surface area contributed by atoms with Gasteiger partial charge in [0, 0.05) is 23.9 Å². The van der Waals surface area contributed by atoms with Gasteiger partial charge in [-0.05, 0) is 72.6 Å². The van der Waals surface area contributed by atoms with Gasteiger partial charge < -0.3 is 29.4 Å². The molecule has 1 heterocycles. The molecule has 222 valence electrons. The molecule has 1 amide bonds. The number of rotatable bonds is 11. The van der Waals surface area contributed by atoms with Gasteiger partial charge in [0.1, 0.15) is 11.6 Å². The van der Waals surface area contributed by atoms with Gasteiger partial charge in [0.15, 0.2) is 16.9 Å². The maximum Gasteiger partial charge on any atom is 0.228 e. The lowest BCUT2D eigenvalue weighted by Crippen LogP contribution is -2.21. The standard InChI is InChI=1S/C34H34FN3O5/c1-38(20-22-12-14-28(41-2)30(18-22)43-4)16-15-21-11-13-27(29(17-21)42-3)36-31(39)19-23-7-5-8-24-32(23)37-33-25(34(24)40)9-6-10-26(33)35/h5-14,17-18H,15-16,19-20H2,1-4H3,(H,36,39)(H,37,40). The number of pyridine rings is 1. The molecule has 43 heavy (non-hydrogen) atoms. The van der Waals surface area contributed by atoms with E-state index in [2.05, 4.69) is 22.2 Å². The fourth-order valence-electron chi connectivity index (χ4n) is 5.25. The number of hydrogen-bond donors (Lipinski definition) is 2. The Balaban J connectivity index is 1.26. The maximum absolute atomic E-state index is 14.5. The average Bonchev–Trinajstić information content (AvgIpc) is 3.01. The number of nitrogens with zero attached hydrogens (tertiary/aromatic N) is 1. The first-order valence-electron chi connectivity index (χ1n) is 13.9. The molecule has 5 aromatic rings. The van der Waals surface area contributed by atoms with Gasteiger partial charge >= 0.3 is 0 Å². The molecule has 0 saturated carbocycles. The fourth-order valence-corrected chi connectivity index (χ4v) is 5.25. The molecule has 9 heteroatoms. The molecule has 0 unspecified atom stereocenters. The molecule has 0 aliphatic rings. The van der Waals surface area contributed by atoms with Crippen LogP contribution >= 0.6 is 0 Å². The minimum absolute atomic E-state index is 0.0148. The second-order valence-corrected chi connectivity index (χ2v) is 10.4. The van der Waals surface area contributed by atoms with Gasteiger partial charge in [0.05, 0.1) is 44.5 Å². The van der Waals surface area contributed by atoms with Crippen molar-refractivity contribution in [3.05, 3.63) is 106 Å². The Hall–Kier alpha value is -4.89. The monoisotopic (exact) mass is 583 g/mol. The van der Waals surface area contributed by atoms with Gasteiger partial charge in [-0.3, -0.25) is 9.59 Å².